The number of nitro benzene ring substituents is 1. The number of hydrogen-bond donors (Lipinski definition) is 2. The van der Waals surface area contributed by atoms with E-state index in [1.165, 1.54) is 24.3 Å². The van der Waals surface area contributed by atoms with Crippen molar-refractivity contribution in [1.82, 2.24) is 5.32 Å². The number of benzene rings is 3. The molecule has 0 atom stereocenters. The maximum absolute atomic E-state index is 13.0. The van der Waals surface area contributed by atoms with Gasteiger partial charge in [0.15, 0.2) is 0 Å². The largest absolute Gasteiger partial charge is 0.494 e. The molecule has 3 aromatic rings. The first kappa shape index (κ1) is 23.4. The van der Waals surface area contributed by atoms with Crippen molar-refractivity contribution in [2.45, 2.75) is 6.92 Å². The average molecular weight is 474 g/mol. The van der Waals surface area contributed by atoms with E-state index in [1.807, 2.05) is 6.92 Å². The van der Waals surface area contributed by atoms with Crippen molar-refractivity contribution < 1.29 is 24.0 Å². The van der Waals surface area contributed by atoms with Gasteiger partial charge in [0.2, 0.25) is 0 Å². The summed E-state index contributed by atoms with van der Waals surface area (Å²) >= 11 is 0. The van der Waals surface area contributed by atoms with Crippen LogP contribution in [-0.2, 0) is 0 Å². The van der Waals surface area contributed by atoms with Crippen LogP contribution in [0.25, 0.3) is 0 Å². The normalized spacial score (nSPS) is 12.3. The van der Waals surface area contributed by atoms with E-state index in [0.717, 1.165) is 4.90 Å². The number of amides is 3. The van der Waals surface area contributed by atoms with Crippen molar-refractivity contribution in [1.29, 1.82) is 0 Å². The highest BCUT2D eigenvalue weighted by Gasteiger charge is 2.37. The number of rotatable bonds is 9. The molecule has 3 aromatic carbocycles. The summed E-state index contributed by atoms with van der Waals surface area (Å²) in [4.78, 5) is 50.1. The number of anilines is 2. The van der Waals surface area contributed by atoms with Crippen molar-refractivity contribution in [3.8, 4) is 5.75 Å². The summed E-state index contributed by atoms with van der Waals surface area (Å²) in [5.41, 5.74) is 1.30. The molecule has 0 saturated heterocycles. The molecule has 178 valence electrons. The molecule has 0 bridgehead atoms. The van der Waals surface area contributed by atoms with E-state index in [4.69, 9.17) is 4.74 Å². The van der Waals surface area contributed by atoms with E-state index >= 15 is 0 Å². The van der Waals surface area contributed by atoms with Gasteiger partial charge in [0.25, 0.3) is 23.4 Å². The number of fused-ring (bicyclic) bond motifs is 1. The molecule has 1 heterocycles. The standard InChI is InChI=1S/C25H22N4O6/c1-2-35-18-10-8-17(9-11-18)28-24(31)19-12-7-16(15-20(19)25(28)32)23(30)27-14-13-26-21-5-3-4-6-22(21)29(33)34/h3-12,15,26H,2,13-14H2,1H3,(H,27,30). The highest BCUT2D eigenvalue weighted by molar-refractivity contribution is 6.34. The Kier molecular flexibility index (Phi) is 6.72. The van der Waals surface area contributed by atoms with Crippen molar-refractivity contribution in [3.63, 3.8) is 0 Å². The summed E-state index contributed by atoms with van der Waals surface area (Å²) in [6.07, 6.45) is 0. The second-order valence-corrected chi connectivity index (χ2v) is 7.59. The number of para-hydroxylation sites is 2. The van der Waals surface area contributed by atoms with Gasteiger partial charge < -0.3 is 15.4 Å². The van der Waals surface area contributed by atoms with Gasteiger partial charge in [-0.15, -0.1) is 0 Å². The summed E-state index contributed by atoms with van der Waals surface area (Å²) < 4.78 is 5.40. The number of nitrogens with one attached hydrogen (secondary N) is 2. The molecule has 0 aromatic heterocycles. The van der Waals surface area contributed by atoms with Gasteiger partial charge in [0.05, 0.1) is 28.3 Å². The molecule has 0 fully saturated rings. The molecule has 10 heteroatoms. The van der Waals surface area contributed by atoms with Crippen LogP contribution in [0.1, 0.15) is 38.0 Å². The SMILES string of the molecule is CCOc1ccc(N2C(=O)c3ccc(C(=O)NCCNc4ccccc4[N+](=O)[O-])cc3C2=O)cc1. The van der Waals surface area contributed by atoms with Crippen LogP contribution in [0.15, 0.2) is 66.7 Å². The smallest absolute Gasteiger partial charge is 0.292 e. The fourth-order valence-electron chi connectivity index (χ4n) is 3.73. The van der Waals surface area contributed by atoms with E-state index in [2.05, 4.69) is 10.6 Å². The van der Waals surface area contributed by atoms with Crippen LogP contribution < -0.4 is 20.3 Å². The highest BCUT2D eigenvalue weighted by atomic mass is 16.6. The third-order valence-electron chi connectivity index (χ3n) is 5.38. The minimum atomic E-state index is -0.512. The average Bonchev–Trinajstić information content (AvgIpc) is 3.12. The van der Waals surface area contributed by atoms with E-state index in [0.29, 0.717) is 23.7 Å². The van der Waals surface area contributed by atoms with Crippen LogP contribution in [0.2, 0.25) is 0 Å². The quantitative estimate of drug-likeness (QED) is 0.210. The fourth-order valence-corrected chi connectivity index (χ4v) is 3.73. The molecule has 2 N–H and O–H groups in total. The molecule has 1 aliphatic heterocycles. The maximum atomic E-state index is 13.0. The number of nitro groups is 1. The van der Waals surface area contributed by atoms with Crippen LogP contribution in [0, 0.1) is 10.1 Å². The van der Waals surface area contributed by atoms with Crippen LogP contribution in [0.5, 0.6) is 5.75 Å². The summed E-state index contributed by atoms with van der Waals surface area (Å²) in [6.45, 7) is 2.80. The molecule has 3 amide bonds. The molecule has 0 radical (unpaired) electrons. The number of ether oxygens (including phenoxy) is 1. The predicted octanol–water partition coefficient (Wildman–Crippen LogP) is 3.64. The number of carbonyl (C=O) groups excluding carboxylic acids is 3. The summed E-state index contributed by atoms with van der Waals surface area (Å²) in [7, 11) is 0. The van der Waals surface area contributed by atoms with Gasteiger partial charge in [-0.3, -0.25) is 24.5 Å². The zero-order chi connectivity index (χ0) is 24.9. The molecule has 4 rings (SSSR count). The monoisotopic (exact) mass is 474 g/mol. The molecule has 0 saturated carbocycles. The Balaban J connectivity index is 1.40. The lowest BCUT2D eigenvalue weighted by molar-refractivity contribution is -0.384. The molecule has 0 unspecified atom stereocenters. The summed E-state index contributed by atoms with van der Waals surface area (Å²) in [6, 6.07) is 17.2. The first-order valence-electron chi connectivity index (χ1n) is 10.9. The second-order valence-electron chi connectivity index (χ2n) is 7.59. The first-order valence-corrected chi connectivity index (χ1v) is 10.9. The van der Waals surface area contributed by atoms with Gasteiger partial charge in [-0.05, 0) is 55.5 Å². The van der Waals surface area contributed by atoms with Gasteiger partial charge in [0, 0.05) is 24.7 Å². The lowest BCUT2D eigenvalue weighted by atomic mass is 10.1. The van der Waals surface area contributed by atoms with Crippen molar-refractivity contribution in [3.05, 3.63) is 93.5 Å². The minimum Gasteiger partial charge on any atom is -0.494 e. The molecular formula is C25H22N4O6. The zero-order valence-electron chi connectivity index (χ0n) is 18.8. The minimum absolute atomic E-state index is 0.0577. The number of imide groups is 1. The summed E-state index contributed by atoms with van der Waals surface area (Å²) in [5, 5.41) is 16.7. The molecule has 10 nitrogen and oxygen atoms in total. The number of nitrogens with zero attached hydrogens (tertiary/aromatic N) is 2. The third-order valence-corrected chi connectivity index (χ3v) is 5.38. The second kappa shape index (κ2) is 10.0. The Morgan fingerprint density at radius 3 is 2.40 bits per heavy atom. The molecule has 1 aliphatic rings. The van der Waals surface area contributed by atoms with Gasteiger partial charge in [-0.1, -0.05) is 12.1 Å². The maximum Gasteiger partial charge on any atom is 0.292 e. The molecule has 0 aliphatic carbocycles. The van der Waals surface area contributed by atoms with Gasteiger partial charge >= 0.3 is 0 Å². The third kappa shape index (κ3) is 4.81. The Labute approximate surface area is 200 Å². The molecule has 35 heavy (non-hydrogen) atoms. The van der Waals surface area contributed by atoms with Gasteiger partial charge in [-0.2, -0.15) is 0 Å². The zero-order valence-corrected chi connectivity index (χ0v) is 18.8. The van der Waals surface area contributed by atoms with Crippen LogP contribution >= 0.6 is 0 Å². The van der Waals surface area contributed by atoms with Crippen LogP contribution in [0.4, 0.5) is 17.1 Å². The Morgan fingerprint density at radius 2 is 1.69 bits per heavy atom. The first-order chi connectivity index (χ1) is 16.9. The molecule has 0 spiro atoms. The highest BCUT2D eigenvalue weighted by Crippen LogP contribution is 2.30. The van der Waals surface area contributed by atoms with E-state index in [1.54, 1.807) is 42.5 Å². The van der Waals surface area contributed by atoms with Crippen LogP contribution in [0.3, 0.4) is 0 Å². The van der Waals surface area contributed by atoms with E-state index in [9.17, 15) is 24.5 Å². The van der Waals surface area contributed by atoms with Gasteiger partial charge in [-0.25, -0.2) is 4.90 Å². The predicted molar refractivity (Wildman–Crippen MR) is 129 cm³/mol. The fraction of sp³-hybridized carbons (Fsp3) is 0.160. The Morgan fingerprint density at radius 1 is 0.971 bits per heavy atom. The lowest BCUT2D eigenvalue weighted by Gasteiger charge is -2.14. The molecular weight excluding hydrogens is 452 g/mol. The van der Waals surface area contributed by atoms with Crippen LogP contribution in [-0.4, -0.2) is 42.3 Å². The number of hydrogen-bond acceptors (Lipinski definition) is 7. The lowest BCUT2D eigenvalue weighted by Crippen LogP contribution is -2.29. The Bertz CT molecular complexity index is 1310. The van der Waals surface area contributed by atoms with E-state index < -0.39 is 22.6 Å². The van der Waals surface area contributed by atoms with Crippen molar-refractivity contribution in [2.75, 3.05) is 29.9 Å². The van der Waals surface area contributed by atoms with Crippen molar-refractivity contribution in [2.24, 2.45) is 0 Å². The van der Waals surface area contributed by atoms with Crippen molar-refractivity contribution >= 4 is 34.8 Å². The van der Waals surface area contributed by atoms with Gasteiger partial charge in [0.1, 0.15) is 11.4 Å². The summed E-state index contributed by atoms with van der Waals surface area (Å²) in [5.74, 6) is -0.781. The van der Waals surface area contributed by atoms with E-state index in [-0.39, 0.29) is 35.5 Å². The topological polar surface area (TPSA) is 131 Å². The Hall–Kier alpha value is -4.73. The number of carbonyl (C=O) groups is 3.